The third-order valence-electron chi connectivity index (χ3n) is 3.69. The van der Waals surface area contributed by atoms with Crippen LogP contribution in [0.3, 0.4) is 0 Å². The van der Waals surface area contributed by atoms with Gasteiger partial charge in [-0.15, -0.1) is 0 Å². The van der Waals surface area contributed by atoms with Crippen LogP contribution in [0.1, 0.15) is 34.1 Å². The fourth-order valence-corrected chi connectivity index (χ4v) is 2.15. The molecule has 0 aliphatic carbocycles. The molecule has 1 aromatic carbocycles. The summed E-state index contributed by atoms with van der Waals surface area (Å²) in [4.78, 5) is 18.2. The van der Waals surface area contributed by atoms with Crippen molar-refractivity contribution in [3.63, 3.8) is 0 Å². The minimum atomic E-state index is -0.0434. The predicted octanol–water partition coefficient (Wildman–Crippen LogP) is 2.79. The van der Waals surface area contributed by atoms with Gasteiger partial charge < -0.3 is 9.47 Å². The zero-order valence-corrected chi connectivity index (χ0v) is 12.6. The largest absolute Gasteiger partial charge is 0.337 e. The van der Waals surface area contributed by atoms with Crippen molar-refractivity contribution in [1.82, 2.24) is 14.5 Å². The average molecular weight is 271 g/mol. The van der Waals surface area contributed by atoms with E-state index in [1.54, 1.807) is 17.4 Å². The molecule has 0 fully saturated rings. The molecule has 0 N–H and O–H groups in total. The molecule has 1 amide bonds. The Morgan fingerprint density at radius 1 is 1.35 bits per heavy atom. The monoisotopic (exact) mass is 271 g/mol. The van der Waals surface area contributed by atoms with Crippen LogP contribution >= 0.6 is 0 Å². The lowest BCUT2D eigenvalue weighted by molar-refractivity contribution is 0.0779. The molecule has 4 nitrogen and oxygen atoms in total. The van der Waals surface area contributed by atoms with Crippen LogP contribution in [0.5, 0.6) is 0 Å². The first-order valence-corrected chi connectivity index (χ1v) is 6.85. The minimum Gasteiger partial charge on any atom is -0.337 e. The highest BCUT2D eigenvalue weighted by molar-refractivity contribution is 5.91. The highest BCUT2D eigenvalue weighted by atomic mass is 16.2. The van der Waals surface area contributed by atoms with Crippen LogP contribution in [-0.4, -0.2) is 27.4 Å². The molecule has 1 heterocycles. The highest BCUT2D eigenvalue weighted by Gasteiger charge is 2.15. The first kappa shape index (κ1) is 14.3. The van der Waals surface area contributed by atoms with Gasteiger partial charge in [0.05, 0.1) is 6.33 Å². The lowest BCUT2D eigenvalue weighted by atomic mass is 10.0. The second-order valence-corrected chi connectivity index (χ2v) is 5.11. The molecular weight excluding hydrogens is 250 g/mol. The number of aromatic nitrogens is 2. The highest BCUT2D eigenvalue weighted by Crippen LogP contribution is 2.15. The van der Waals surface area contributed by atoms with E-state index in [4.69, 9.17) is 0 Å². The second kappa shape index (κ2) is 5.90. The number of benzene rings is 1. The molecule has 0 saturated carbocycles. The topological polar surface area (TPSA) is 38.1 Å². The second-order valence-electron chi connectivity index (χ2n) is 5.11. The van der Waals surface area contributed by atoms with E-state index in [0.29, 0.717) is 12.2 Å². The van der Waals surface area contributed by atoms with Crippen molar-refractivity contribution < 1.29 is 4.79 Å². The number of carbonyl (C=O) groups excluding carboxylic acids is 1. The molecular formula is C16H21N3O. The SMILES string of the molecule is CCn1cnc(C(=O)N(C)Cc2cccc(C)c2C)c1. The number of carbonyl (C=O) groups is 1. The molecule has 1 aromatic heterocycles. The number of hydrogen-bond donors (Lipinski definition) is 0. The van der Waals surface area contributed by atoms with E-state index in [1.165, 1.54) is 16.7 Å². The van der Waals surface area contributed by atoms with Gasteiger partial charge in [0.1, 0.15) is 5.69 Å². The summed E-state index contributed by atoms with van der Waals surface area (Å²) in [6.07, 6.45) is 3.49. The van der Waals surface area contributed by atoms with Crippen LogP contribution in [0.2, 0.25) is 0 Å². The normalized spacial score (nSPS) is 10.6. The summed E-state index contributed by atoms with van der Waals surface area (Å²) in [5.41, 5.74) is 4.17. The molecule has 0 unspecified atom stereocenters. The van der Waals surface area contributed by atoms with E-state index in [9.17, 15) is 4.79 Å². The number of nitrogens with zero attached hydrogens (tertiary/aromatic N) is 3. The summed E-state index contributed by atoms with van der Waals surface area (Å²) in [6.45, 7) is 7.63. The van der Waals surface area contributed by atoms with Crippen molar-refractivity contribution >= 4 is 5.91 Å². The van der Waals surface area contributed by atoms with Crippen molar-refractivity contribution in [2.24, 2.45) is 0 Å². The van der Waals surface area contributed by atoms with Crippen LogP contribution < -0.4 is 0 Å². The van der Waals surface area contributed by atoms with E-state index >= 15 is 0 Å². The molecule has 0 aliphatic rings. The average Bonchev–Trinajstić information content (AvgIpc) is 2.91. The van der Waals surface area contributed by atoms with Crippen LogP contribution in [0.25, 0.3) is 0 Å². The Kier molecular flexibility index (Phi) is 4.23. The summed E-state index contributed by atoms with van der Waals surface area (Å²) >= 11 is 0. The Labute approximate surface area is 120 Å². The van der Waals surface area contributed by atoms with Gasteiger partial charge in [0.15, 0.2) is 0 Å². The first-order valence-electron chi connectivity index (χ1n) is 6.85. The Balaban J connectivity index is 2.13. The molecule has 2 aromatic rings. The molecule has 0 atom stereocenters. The summed E-state index contributed by atoms with van der Waals surface area (Å²) < 4.78 is 1.90. The van der Waals surface area contributed by atoms with Crippen LogP contribution in [-0.2, 0) is 13.1 Å². The maximum atomic E-state index is 12.3. The Hall–Kier alpha value is -2.10. The van der Waals surface area contributed by atoms with Gasteiger partial charge in [0, 0.05) is 26.3 Å². The van der Waals surface area contributed by atoms with Crippen LogP contribution in [0.15, 0.2) is 30.7 Å². The zero-order valence-electron chi connectivity index (χ0n) is 12.6. The maximum Gasteiger partial charge on any atom is 0.274 e. The van der Waals surface area contributed by atoms with Gasteiger partial charge in [-0.05, 0) is 37.5 Å². The number of rotatable bonds is 4. The van der Waals surface area contributed by atoms with Crippen LogP contribution in [0, 0.1) is 13.8 Å². The van der Waals surface area contributed by atoms with Gasteiger partial charge in [-0.1, -0.05) is 18.2 Å². The van der Waals surface area contributed by atoms with Gasteiger partial charge in [0.2, 0.25) is 0 Å². The van der Waals surface area contributed by atoms with E-state index in [0.717, 1.165) is 6.54 Å². The summed E-state index contributed by atoms with van der Waals surface area (Å²) in [6, 6.07) is 6.18. The Morgan fingerprint density at radius 3 is 2.75 bits per heavy atom. The third-order valence-corrected chi connectivity index (χ3v) is 3.69. The van der Waals surface area contributed by atoms with Gasteiger partial charge in [-0.25, -0.2) is 4.98 Å². The standard InChI is InChI=1S/C16H21N3O/c1-5-19-10-15(17-11-19)16(20)18(4)9-14-8-6-7-12(2)13(14)3/h6-8,10-11H,5,9H2,1-4H3. The summed E-state index contributed by atoms with van der Waals surface area (Å²) in [5, 5.41) is 0. The van der Waals surface area contributed by atoms with Crippen molar-refractivity contribution in [3.8, 4) is 0 Å². The molecule has 0 aliphatic heterocycles. The molecule has 0 spiro atoms. The molecule has 106 valence electrons. The minimum absolute atomic E-state index is 0.0434. The number of hydrogen-bond acceptors (Lipinski definition) is 2. The quantitative estimate of drug-likeness (QED) is 0.857. The molecule has 4 heteroatoms. The van der Waals surface area contributed by atoms with Gasteiger partial charge in [0.25, 0.3) is 5.91 Å². The Bertz CT molecular complexity index is 616. The first-order chi connectivity index (χ1) is 9.52. The summed E-state index contributed by atoms with van der Waals surface area (Å²) in [5.74, 6) is -0.0434. The smallest absolute Gasteiger partial charge is 0.274 e. The fourth-order valence-electron chi connectivity index (χ4n) is 2.15. The van der Waals surface area contributed by atoms with Crippen molar-refractivity contribution in [2.75, 3.05) is 7.05 Å². The van der Waals surface area contributed by atoms with E-state index < -0.39 is 0 Å². The summed E-state index contributed by atoms with van der Waals surface area (Å²) in [7, 11) is 1.81. The maximum absolute atomic E-state index is 12.3. The van der Waals surface area contributed by atoms with Crippen molar-refractivity contribution in [3.05, 3.63) is 53.1 Å². The predicted molar refractivity (Wildman–Crippen MR) is 79.6 cm³/mol. The van der Waals surface area contributed by atoms with E-state index in [-0.39, 0.29) is 5.91 Å². The number of amides is 1. The van der Waals surface area contributed by atoms with E-state index in [2.05, 4.69) is 31.0 Å². The third kappa shape index (κ3) is 2.90. The van der Waals surface area contributed by atoms with Crippen LogP contribution in [0.4, 0.5) is 0 Å². The van der Waals surface area contributed by atoms with E-state index in [1.807, 2.05) is 24.6 Å². The van der Waals surface area contributed by atoms with Gasteiger partial charge in [-0.2, -0.15) is 0 Å². The fraction of sp³-hybridized carbons (Fsp3) is 0.375. The van der Waals surface area contributed by atoms with Crippen molar-refractivity contribution in [2.45, 2.75) is 33.9 Å². The zero-order chi connectivity index (χ0) is 14.7. The number of aryl methyl sites for hydroxylation is 2. The molecule has 0 saturated heterocycles. The lowest BCUT2D eigenvalue weighted by Crippen LogP contribution is -2.27. The lowest BCUT2D eigenvalue weighted by Gasteiger charge is -2.18. The Morgan fingerprint density at radius 2 is 2.10 bits per heavy atom. The molecule has 20 heavy (non-hydrogen) atoms. The molecule has 2 rings (SSSR count). The molecule has 0 radical (unpaired) electrons. The number of imidazole rings is 1. The molecule has 0 bridgehead atoms. The van der Waals surface area contributed by atoms with Crippen molar-refractivity contribution in [1.29, 1.82) is 0 Å². The van der Waals surface area contributed by atoms with Gasteiger partial charge >= 0.3 is 0 Å². The van der Waals surface area contributed by atoms with Gasteiger partial charge in [-0.3, -0.25) is 4.79 Å².